The molecule has 0 aliphatic rings. The molecule has 0 amide bonds. The SMILES string of the molecule is Cc1ccccc1N(C)c1nc(C)c(C(C)O)s1. The second kappa shape index (κ2) is 5.08. The van der Waals surface area contributed by atoms with Gasteiger partial charge in [-0.3, -0.25) is 0 Å². The minimum atomic E-state index is -0.457. The summed E-state index contributed by atoms with van der Waals surface area (Å²) >= 11 is 1.54. The third-order valence-corrected chi connectivity index (χ3v) is 4.37. The van der Waals surface area contributed by atoms with Gasteiger partial charge in [0.1, 0.15) is 0 Å². The Labute approximate surface area is 112 Å². The molecule has 0 fully saturated rings. The molecule has 1 aromatic heterocycles. The maximum Gasteiger partial charge on any atom is 0.190 e. The zero-order chi connectivity index (χ0) is 13.3. The molecule has 3 nitrogen and oxygen atoms in total. The summed E-state index contributed by atoms with van der Waals surface area (Å²) < 4.78 is 0. The monoisotopic (exact) mass is 262 g/mol. The van der Waals surface area contributed by atoms with E-state index in [0.29, 0.717) is 0 Å². The molecule has 1 heterocycles. The van der Waals surface area contributed by atoms with Crippen molar-refractivity contribution in [2.75, 3.05) is 11.9 Å². The van der Waals surface area contributed by atoms with Crippen LogP contribution in [0.1, 0.15) is 29.2 Å². The molecule has 1 aromatic carbocycles. The van der Waals surface area contributed by atoms with Gasteiger partial charge in [0.25, 0.3) is 0 Å². The van der Waals surface area contributed by atoms with Crippen LogP contribution < -0.4 is 4.90 Å². The Morgan fingerprint density at radius 3 is 2.50 bits per heavy atom. The first-order valence-corrected chi connectivity index (χ1v) is 6.77. The topological polar surface area (TPSA) is 36.4 Å². The van der Waals surface area contributed by atoms with Crippen LogP contribution in [-0.2, 0) is 0 Å². The maximum absolute atomic E-state index is 9.68. The number of rotatable bonds is 3. The molecular weight excluding hydrogens is 244 g/mol. The number of anilines is 2. The number of para-hydroxylation sites is 1. The quantitative estimate of drug-likeness (QED) is 0.918. The second-order valence-corrected chi connectivity index (χ2v) is 5.48. The number of nitrogens with zero attached hydrogens (tertiary/aromatic N) is 2. The van der Waals surface area contributed by atoms with Gasteiger partial charge in [-0.15, -0.1) is 0 Å². The van der Waals surface area contributed by atoms with Crippen LogP contribution in [0.25, 0.3) is 0 Å². The van der Waals surface area contributed by atoms with Crippen molar-refractivity contribution in [1.29, 1.82) is 0 Å². The fourth-order valence-electron chi connectivity index (χ4n) is 1.97. The number of thiazole rings is 1. The Hall–Kier alpha value is -1.39. The third-order valence-electron chi connectivity index (χ3n) is 2.96. The van der Waals surface area contributed by atoms with Crippen LogP contribution >= 0.6 is 11.3 Å². The lowest BCUT2D eigenvalue weighted by Crippen LogP contribution is -2.10. The molecule has 0 aliphatic heterocycles. The smallest absolute Gasteiger partial charge is 0.190 e. The molecule has 1 unspecified atom stereocenters. The van der Waals surface area contributed by atoms with E-state index >= 15 is 0 Å². The highest BCUT2D eigenvalue weighted by molar-refractivity contribution is 7.15. The van der Waals surface area contributed by atoms with Gasteiger partial charge in [-0.25, -0.2) is 4.98 Å². The fraction of sp³-hybridized carbons (Fsp3) is 0.357. The van der Waals surface area contributed by atoms with Gasteiger partial charge in [-0.1, -0.05) is 29.5 Å². The van der Waals surface area contributed by atoms with E-state index in [9.17, 15) is 5.11 Å². The summed E-state index contributed by atoms with van der Waals surface area (Å²) in [5.41, 5.74) is 3.26. The fourth-order valence-corrected chi connectivity index (χ4v) is 2.95. The lowest BCUT2D eigenvalue weighted by atomic mass is 10.2. The molecule has 1 atom stereocenters. The number of aliphatic hydroxyl groups is 1. The van der Waals surface area contributed by atoms with Crippen molar-refractivity contribution in [3.05, 3.63) is 40.4 Å². The van der Waals surface area contributed by atoms with Crippen LogP contribution in [0.4, 0.5) is 10.8 Å². The molecule has 0 saturated heterocycles. The maximum atomic E-state index is 9.68. The zero-order valence-electron chi connectivity index (χ0n) is 11.1. The van der Waals surface area contributed by atoms with Gasteiger partial charge >= 0.3 is 0 Å². The second-order valence-electron chi connectivity index (χ2n) is 4.47. The molecule has 0 aliphatic carbocycles. The number of hydrogen-bond donors (Lipinski definition) is 1. The lowest BCUT2D eigenvalue weighted by Gasteiger charge is -2.18. The Balaban J connectivity index is 2.38. The zero-order valence-corrected chi connectivity index (χ0v) is 12.0. The number of aromatic nitrogens is 1. The van der Waals surface area contributed by atoms with Crippen LogP contribution in [0, 0.1) is 13.8 Å². The molecule has 2 aromatic rings. The van der Waals surface area contributed by atoms with Crippen molar-refractivity contribution >= 4 is 22.2 Å². The predicted octanol–water partition coefficient (Wildman–Crippen LogP) is 3.58. The van der Waals surface area contributed by atoms with E-state index in [1.54, 1.807) is 18.3 Å². The highest BCUT2D eigenvalue weighted by Gasteiger charge is 2.16. The van der Waals surface area contributed by atoms with E-state index in [0.717, 1.165) is 21.4 Å². The van der Waals surface area contributed by atoms with Crippen molar-refractivity contribution < 1.29 is 5.11 Å². The van der Waals surface area contributed by atoms with E-state index in [1.807, 2.05) is 26.1 Å². The average molecular weight is 262 g/mol. The van der Waals surface area contributed by atoms with Gasteiger partial charge in [-0.2, -0.15) is 0 Å². The molecule has 0 radical (unpaired) electrons. The normalized spacial score (nSPS) is 12.5. The van der Waals surface area contributed by atoms with Gasteiger partial charge in [0.15, 0.2) is 5.13 Å². The number of hydrogen-bond acceptors (Lipinski definition) is 4. The Morgan fingerprint density at radius 2 is 1.94 bits per heavy atom. The van der Waals surface area contributed by atoms with E-state index in [-0.39, 0.29) is 0 Å². The summed E-state index contributed by atoms with van der Waals surface area (Å²) in [5.74, 6) is 0. The molecule has 0 spiro atoms. The summed E-state index contributed by atoms with van der Waals surface area (Å²) in [6.07, 6.45) is -0.457. The summed E-state index contributed by atoms with van der Waals surface area (Å²) in [5, 5.41) is 10.6. The first-order chi connectivity index (χ1) is 8.50. The molecule has 4 heteroatoms. The molecule has 96 valence electrons. The van der Waals surface area contributed by atoms with Crippen LogP contribution in [0.15, 0.2) is 24.3 Å². The Kier molecular flexibility index (Phi) is 3.68. The largest absolute Gasteiger partial charge is 0.388 e. The van der Waals surface area contributed by atoms with Gasteiger partial charge in [0, 0.05) is 12.7 Å². The number of aryl methyl sites for hydroxylation is 2. The highest BCUT2D eigenvalue weighted by Crippen LogP contribution is 2.34. The number of benzene rings is 1. The molecule has 0 saturated carbocycles. The molecule has 2 rings (SSSR count). The summed E-state index contributed by atoms with van der Waals surface area (Å²) in [6, 6.07) is 8.21. The highest BCUT2D eigenvalue weighted by atomic mass is 32.1. The molecule has 1 N–H and O–H groups in total. The Morgan fingerprint density at radius 1 is 1.28 bits per heavy atom. The standard InChI is InChI=1S/C14H18N2OS/c1-9-7-5-6-8-12(9)16(4)14-15-10(2)13(18-14)11(3)17/h5-8,11,17H,1-4H3. The number of aliphatic hydroxyl groups excluding tert-OH is 1. The van der Waals surface area contributed by atoms with Gasteiger partial charge in [-0.05, 0) is 32.4 Å². The molecule has 18 heavy (non-hydrogen) atoms. The van der Waals surface area contributed by atoms with E-state index in [1.165, 1.54) is 5.56 Å². The summed E-state index contributed by atoms with van der Waals surface area (Å²) in [7, 11) is 2.01. The first kappa shape index (κ1) is 13.1. The third kappa shape index (κ3) is 2.40. The van der Waals surface area contributed by atoms with Crippen LogP contribution in [-0.4, -0.2) is 17.1 Å². The summed E-state index contributed by atoms with van der Waals surface area (Å²) in [6.45, 7) is 5.80. The minimum absolute atomic E-state index is 0.457. The van der Waals surface area contributed by atoms with Crippen LogP contribution in [0.3, 0.4) is 0 Å². The van der Waals surface area contributed by atoms with Gasteiger partial charge < -0.3 is 10.0 Å². The molecular formula is C14H18N2OS. The van der Waals surface area contributed by atoms with E-state index < -0.39 is 6.10 Å². The van der Waals surface area contributed by atoms with Crippen molar-refractivity contribution in [2.45, 2.75) is 26.9 Å². The van der Waals surface area contributed by atoms with Gasteiger partial charge in [0.05, 0.1) is 16.7 Å². The van der Waals surface area contributed by atoms with Crippen LogP contribution in [0.2, 0.25) is 0 Å². The average Bonchev–Trinajstić information content (AvgIpc) is 2.71. The van der Waals surface area contributed by atoms with Gasteiger partial charge in [0.2, 0.25) is 0 Å². The lowest BCUT2D eigenvalue weighted by molar-refractivity contribution is 0.202. The first-order valence-electron chi connectivity index (χ1n) is 5.95. The van der Waals surface area contributed by atoms with Crippen molar-refractivity contribution in [3.63, 3.8) is 0 Å². The van der Waals surface area contributed by atoms with Crippen molar-refractivity contribution in [3.8, 4) is 0 Å². The predicted molar refractivity (Wildman–Crippen MR) is 76.7 cm³/mol. The summed E-state index contributed by atoms with van der Waals surface area (Å²) in [4.78, 5) is 7.54. The van der Waals surface area contributed by atoms with E-state index in [2.05, 4.69) is 28.9 Å². The van der Waals surface area contributed by atoms with Crippen molar-refractivity contribution in [2.24, 2.45) is 0 Å². The minimum Gasteiger partial charge on any atom is -0.388 e. The van der Waals surface area contributed by atoms with E-state index in [4.69, 9.17) is 0 Å². The van der Waals surface area contributed by atoms with Crippen molar-refractivity contribution in [1.82, 2.24) is 4.98 Å². The Bertz CT molecular complexity index is 548. The van der Waals surface area contributed by atoms with Crippen LogP contribution in [0.5, 0.6) is 0 Å². The molecule has 0 bridgehead atoms.